The van der Waals surface area contributed by atoms with Crippen LogP contribution in [-0.2, 0) is 14.3 Å². The van der Waals surface area contributed by atoms with E-state index in [0.717, 1.165) is 6.29 Å². The normalized spacial score (nSPS) is 14.1. The highest BCUT2D eigenvalue weighted by molar-refractivity contribution is 5.88. The molecule has 0 spiro atoms. The first-order valence-electron chi connectivity index (χ1n) is 4.90. The van der Waals surface area contributed by atoms with Crippen LogP contribution in [0.4, 0.5) is 0 Å². The molecule has 0 aliphatic rings. The van der Waals surface area contributed by atoms with Crippen molar-refractivity contribution >= 4 is 12.3 Å². The quantitative estimate of drug-likeness (QED) is 0.222. The number of hydrogen-bond donors (Lipinski definition) is 2. The van der Waals surface area contributed by atoms with Crippen molar-refractivity contribution in [3.8, 4) is 0 Å². The van der Waals surface area contributed by atoms with Crippen molar-refractivity contribution < 1.29 is 14.3 Å². The van der Waals surface area contributed by atoms with Crippen LogP contribution in [0.2, 0.25) is 0 Å². The fraction of sp³-hybridized carbons (Fsp3) is 0.600. The predicted molar refractivity (Wildman–Crippen MR) is 59.6 cm³/mol. The van der Waals surface area contributed by atoms with Crippen molar-refractivity contribution in [3.05, 3.63) is 11.4 Å². The highest BCUT2D eigenvalue weighted by atomic mass is 16.5. The predicted octanol–water partition coefficient (Wildman–Crippen LogP) is -0.251. The van der Waals surface area contributed by atoms with E-state index in [4.69, 9.17) is 11.6 Å². The summed E-state index contributed by atoms with van der Waals surface area (Å²) in [5, 5.41) is 1.18. The summed E-state index contributed by atoms with van der Waals surface area (Å²) in [5.41, 5.74) is 5.75. The van der Waals surface area contributed by atoms with Gasteiger partial charge in [-0.2, -0.15) is 0 Å². The molecule has 0 aromatic rings. The molecular formula is C10H19N3O3. The van der Waals surface area contributed by atoms with Crippen LogP contribution < -0.4 is 11.6 Å². The lowest BCUT2D eigenvalue weighted by Crippen LogP contribution is -2.45. The fourth-order valence-electron chi connectivity index (χ4n) is 1.16. The van der Waals surface area contributed by atoms with Gasteiger partial charge in [-0.15, -0.1) is 0 Å². The lowest BCUT2D eigenvalue weighted by atomic mass is 10.1. The molecule has 4 N–H and O–H groups in total. The van der Waals surface area contributed by atoms with Crippen LogP contribution in [0, 0.1) is 5.92 Å². The Bertz CT molecular complexity index is 300. The molecule has 0 amide bonds. The molecule has 0 bridgehead atoms. The Balaban J connectivity index is 5.03. The number of nitrogens with two attached hydrogens (primary N) is 2. The third-order valence-electron chi connectivity index (χ3n) is 2.33. The van der Waals surface area contributed by atoms with Gasteiger partial charge in [0.05, 0.1) is 12.8 Å². The zero-order chi connectivity index (χ0) is 12.9. The second-order valence-corrected chi connectivity index (χ2v) is 3.77. The van der Waals surface area contributed by atoms with Crippen molar-refractivity contribution in [2.75, 3.05) is 7.11 Å². The minimum atomic E-state index is -0.665. The average molecular weight is 229 g/mol. The van der Waals surface area contributed by atoms with Gasteiger partial charge in [0.15, 0.2) is 0 Å². The minimum Gasteiger partial charge on any atom is -0.464 e. The number of carbonyl (C=O) groups excluding carboxylic acids is 2. The van der Waals surface area contributed by atoms with Gasteiger partial charge < -0.3 is 20.3 Å². The molecule has 0 saturated heterocycles. The summed E-state index contributed by atoms with van der Waals surface area (Å²) in [4.78, 5) is 22.0. The monoisotopic (exact) mass is 229 g/mol. The van der Waals surface area contributed by atoms with E-state index in [1.165, 1.54) is 12.1 Å². The Kier molecular flexibility index (Phi) is 5.52. The molecule has 0 aliphatic carbocycles. The van der Waals surface area contributed by atoms with Crippen molar-refractivity contribution in [2.45, 2.75) is 26.8 Å². The third kappa shape index (κ3) is 3.23. The van der Waals surface area contributed by atoms with Crippen molar-refractivity contribution in [3.63, 3.8) is 0 Å². The molecule has 0 heterocycles. The second-order valence-electron chi connectivity index (χ2n) is 3.77. The van der Waals surface area contributed by atoms with Crippen LogP contribution in [0.25, 0.3) is 0 Å². The molecule has 0 radical (unpaired) electrons. The highest BCUT2D eigenvalue weighted by Crippen LogP contribution is 2.12. The first kappa shape index (κ1) is 14.4. The number of aldehydes is 1. The lowest BCUT2D eigenvalue weighted by molar-refractivity contribution is -0.136. The van der Waals surface area contributed by atoms with E-state index < -0.39 is 12.0 Å². The molecule has 16 heavy (non-hydrogen) atoms. The number of esters is 1. The van der Waals surface area contributed by atoms with Crippen molar-refractivity contribution in [1.82, 2.24) is 5.01 Å². The second kappa shape index (κ2) is 6.12. The molecule has 6 heteroatoms. The maximum atomic E-state index is 11.2. The van der Waals surface area contributed by atoms with Gasteiger partial charge in [-0.3, -0.25) is 0 Å². The summed E-state index contributed by atoms with van der Waals surface area (Å²) in [6.07, 6.45) is 0.721. The van der Waals surface area contributed by atoms with Crippen LogP contribution >= 0.6 is 0 Å². The summed E-state index contributed by atoms with van der Waals surface area (Å²) in [7, 11) is 1.23. The van der Waals surface area contributed by atoms with Gasteiger partial charge in [0.2, 0.25) is 0 Å². The van der Waals surface area contributed by atoms with Gasteiger partial charge >= 0.3 is 5.97 Å². The molecule has 92 valence electrons. The van der Waals surface area contributed by atoms with Crippen LogP contribution in [0.5, 0.6) is 0 Å². The minimum absolute atomic E-state index is 0.0166. The molecule has 1 unspecified atom stereocenters. The number of carbonyl (C=O) groups is 2. The number of hydrogen-bond acceptors (Lipinski definition) is 6. The first-order chi connectivity index (χ1) is 7.36. The Morgan fingerprint density at radius 2 is 1.94 bits per heavy atom. The van der Waals surface area contributed by atoms with Crippen molar-refractivity contribution in [2.24, 2.45) is 17.5 Å². The number of rotatable bonds is 5. The SMILES string of the molecule is COC(=O)/C(N)=C(\C)N(N)C(C=O)C(C)C. The molecule has 0 aliphatic heterocycles. The van der Waals surface area contributed by atoms with E-state index >= 15 is 0 Å². The van der Waals surface area contributed by atoms with Gasteiger partial charge in [0.1, 0.15) is 18.0 Å². The van der Waals surface area contributed by atoms with Crippen LogP contribution in [0.3, 0.4) is 0 Å². The van der Waals surface area contributed by atoms with Gasteiger partial charge in [-0.25, -0.2) is 10.6 Å². The number of ether oxygens (including phenoxy) is 1. The zero-order valence-corrected chi connectivity index (χ0v) is 10.1. The first-order valence-corrected chi connectivity index (χ1v) is 4.90. The smallest absolute Gasteiger partial charge is 0.355 e. The third-order valence-corrected chi connectivity index (χ3v) is 2.33. The number of allylic oxidation sites excluding steroid dienone is 1. The van der Waals surface area contributed by atoms with Crippen LogP contribution in [0.15, 0.2) is 11.4 Å². The molecule has 0 aromatic carbocycles. The number of hydrazine groups is 1. The molecular weight excluding hydrogens is 210 g/mol. The molecule has 0 rings (SSSR count). The van der Waals surface area contributed by atoms with Gasteiger partial charge in [0, 0.05) is 0 Å². The molecule has 6 nitrogen and oxygen atoms in total. The molecule has 0 saturated carbocycles. The topological polar surface area (TPSA) is 98.7 Å². The Morgan fingerprint density at radius 3 is 2.25 bits per heavy atom. The summed E-state index contributed by atoms with van der Waals surface area (Å²) in [5.74, 6) is 5.07. The molecule has 0 fully saturated rings. The average Bonchev–Trinajstić information content (AvgIpc) is 2.26. The van der Waals surface area contributed by atoms with E-state index in [1.807, 2.05) is 13.8 Å². The van der Waals surface area contributed by atoms with Gasteiger partial charge in [0.25, 0.3) is 0 Å². The van der Waals surface area contributed by atoms with Crippen LogP contribution in [-0.4, -0.2) is 30.4 Å². The van der Waals surface area contributed by atoms with E-state index in [9.17, 15) is 9.59 Å². The number of methoxy groups -OCH3 is 1. The number of nitrogens with zero attached hydrogens (tertiary/aromatic N) is 1. The van der Waals surface area contributed by atoms with E-state index in [-0.39, 0.29) is 11.6 Å². The Morgan fingerprint density at radius 1 is 1.44 bits per heavy atom. The van der Waals surface area contributed by atoms with E-state index in [1.54, 1.807) is 6.92 Å². The Labute approximate surface area is 95.2 Å². The maximum Gasteiger partial charge on any atom is 0.355 e. The van der Waals surface area contributed by atoms with Crippen molar-refractivity contribution in [1.29, 1.82) is 0 Å². The summed E-state index contributed by atoms with van der Waals surface area (Å²) < 4.78 is 4.46. The highest BCUT2D eigenvalue weighted by Gasteiger charge is 2.22. The maximum absolute atomic E-state index is 11.2. The van der Waals surface area contributed by atoms with E-state index in [0.29, 0.717) is 5.70 Å². The standard InChI is InChI=1S/C10H19N3O3/c1-6(2)8(5-14)13(12)7(3)9(11)10(15)16-4/h5-6,8H,11-12H2,1-4H3/b9-7-. The molecule has 1 atom stereocenters. The van der Waals surface area contributed by atoms with Gasteiger partial charge in [-0.05, 0) is 12.8 Å². The fourth-order valence-corrected chi connectivity index (χ4v) is 1.16. The summed E-state index contributed by atoms with van der Waals surface area (Å²) in [6.45, 7) is 5.26. The lowest BCUT2D eigenvalue weighted by Gasteiger charge is -2.28. The van der Waals surface area contributed by atoms with Gasteiger partial charge in [-0.1, -0.05) is 13.8 Å². The zero-order valence-electron chi connectivity index (χ0n) is 10.1. The molecule has 0 aromatic heterocycles. The summed E-state index contributed by atoms with van der Waals surface area (Å²) in [6, 6.07) is -0.525. The summed E-state index contributed by atoms with van der Waals surface area (Å²) >= 11 is 0. The Hall–Kier alpha value is -1.56. The van der Waals surface area contributed by atoms with Crippen LogP contribution in [0.1, 0.15) is 20.8 Å². The largest absolute Gasteiger partial charge is 0.464 e. The van der Waals surface area contributed by atoms with E-state index in [2.05, 4.69) is 4.74 Å².